The van der Waals surface area contributed by atoms with Crippen molar-refractivity contribution in [2.24, 2.45) is 11.8 Å². The second kappa shape index (κ2) is 5.72. The van der Waals surface area contributed by atoms with Gasteiger partial charge in [0.2, 0.25) is 0 Å². The van der Waals surface area contributed by atoms with Crippen molar-refractivity contribution in [1.82, 2.24) is 4.90 Å². The van der Waals surface area contributed by atoms with Gasteiger partial charge in [-0.15, -0.1) is 0 Å². The highest BCUT2D eigenvalue weighted by atomic mass is 79.9. The Morgan fingerprint density at radius 3 is 2.67 bits per heavy atom. The molecule has 2 atom stereocenters. The maximum Gasteiger partial charge on any atom is 0.308 e. The van der Waals surface area contributed by atoms with Gasteiger partial charge in [0.25, 0.3) is 0 Å². The Kier molecular flexibility index (Phi) is 4.45. The fourth-order valence-electron chi connectivity index (χ4n) is 2.41. The van der Waals surface area contributed by atoms with Gasteiger partial charge in [0, 0.05) is 28.6 Å². The summed E-state index contributed by atoms with van der Waals surface area (Å²) in [7, 11) is 0. The Morgan fingerprint density at radius 2 is 2.11 bits per heavy atom. The second-order valence-corrected chi connectivity index (χ2v) is 6.57. The quantitative estimate of drug-likeness (QED) is 0.879. The molecule has 0 bridgehead atoms. The summed E-state index contributed by atoms with van der Waals surface area (Å²) in [6, 6.07) is 6.14. The third kappa shape index (κ3) is 3.13. The van der Waals surface area contributed by atoms with Crippen molar-refractivity contribution in [1.29, 1.82) is 0 Å². The van der Waals surface area contributed by atoms with Gasteiger partial charge >= 0.3 is 5.97 Å². The number of likely N-dealkylation sites (tertiary alicyclic amines) is 1. The number of carbonyl (C=O) groups is 1. The number of hydrogen-bond donors (Lipinski definition) is 1. The molecular weight excluding hydrogens is 362 g/mol. The fourth-order valence-corrected chi connectivity index (χ4v) is 3.09. The highest BCUT2D eigenvalue weighted by Gasteiger charge is 2.34. The summed E-state index contributed by atoms with van der Waals surface area (Å²) in [4.78, 5) is 13.3. The van der Waals surface area contributed by atoms with Gasteiger partial charge in [-0.3, -0.25) is 9.69 Å². The maximum absolute atomic E-state index is 11.1. The van der Waals surface area contributed by atoms with Crippen LogP contribution < -0.4 is 0 Å². The molecule has 0 amide bonds. The van der Waals surface area contributed by atoms with Gasteiger partial charge in [0.1, 0.15) is 0 Å². The Labute approximate surface area is 123 Å². The van der Waals surface area contributed by atoms with E-state index in [0.29, 0.717) is 6.54 Å². The Balaban J connectivity index is 2.03. The van der Waals surface area contributed by atoms with E-state index < -0.39 is 5.97 Å². The summed E-state index contributed by atoms with van der Waals surface area (Å²) in [5, 5.41) is 9.11. The van der Waals surface area contributed by atoms with E-state index in [1.807, 2.05) is 13.0 Å². The first-order valence-electron chi connectivity index (χ1n) is 5.86. The number of rotatable bonds is 3. The summed E-state index contributed by atoms with van der Waals surface area (Å²) in [6.07, 6.45) is 0. The number of nitrogens with zero attached hydrogens (tertiary/aromatic N) is 1. The van der Waals surface area contributed by atoms with Crippen LogP contribution in [0.5, 0.6) is 0 Å². The molecule has 1 heterocycles. The molecule has 1 fully saturated rings. The lowest BCUT2D eigenvalue weighted by atomic mass is 9.99. The molecule has 18 heavy (non-hydrogen) atoms. The normalized spacial score (nSPS) is 24.4. The average molecular weight is 377 g/mol. The topological polar surface area (TPSA) is 40.5 Å². The van der Waals surface area contributed by atoms with Crippen molar-refractivity contribution in [2.75, 3.05) is 13.1 Å². The molecule has 0 spiro atoms. The first-order valence-corrected chi connectivity index (χ1v) is 7.45. The second-order valence-electron chi connectivity index (χ2n) is 4.86. The predicted molar refractivity (Wildman–Crippen MR) is 77.4 cm³/mol. The van der Waals surface area contributed by atoms with E-state index in [4.69, 9.17) is 5.11 Å². The Morgan fingerprint density at radius 1 is 1.39 bits per heavy atom. The maximum atomic E-state index is 11.1. The van der Waals surface area contributed by atoms with Crippen molar-refractivity contribution in [2.45, 2.75) is 13.5 Å². The number of benzene rings is 1. The van der Waals surface area contributed by atoms with Gasteiger partial charge in [-0.1, -0.05) is 13.0 Å². The van der Waals surface area contributed by atoms with Gasteiger partial charge in [0.05, 0.1) is 5.92 Å². The van der Waals surface area contributed by atoms with Crippen molar-refractivity contribution >= 4 is 37.8 Å². The molecule has 1 saturated heterocycles. The number of aliphatic carboxylic acids is 1. The van der Waals surface area contributed by atoms with Crippen LogP contribution in [0.1, 0.15) is 12.5 Å². The molecule has 1 aliphatic rings. The van der Waals surface area contributed by atoms with E-state index in [1.54, 1.807) is 0 Å². The third-order valence-corrected chi connectivity index (χ3v) is 5.28. The molecule has 3 nitrogen and oxygen atoms in total. The number of halogens is 2. The molecule has 0 radical (unpaired) electrons. The molecule has 0 aliphatic carbocycles. The molecule has 98 valence electrons. The van der Waals surface area contributed by atoms with Crippen molar-refractivity contribution in [3.8, 4) is 0 Å². The standard InChI is InChI=1S/C13H15Br2NO2/c1-8-5-16(7-10(8)13(17)18)6-9-2-3-11(14)12(15)4-9/h2-4,8,10H,5-7H2,1H3,(H,17,18)/t8-,10-/m1/s1. The molecule has 2 rings (SSSR count). The largest absolute Gasteiger partial charge is 0.481 e. The van der Waals surface area contributed by atoms with E-state index in [9.17, 15) is 4.79 Å². The van der Waals surface area contributed by atoms with Crippen molar-refractivity contribution in [3.63, 3.8) is 0 Å². The average Bonchev–Trinajstić information content (AvgIpc) is 2.65. The van der Waals surface area contributed by atoms with E-state index >= 15 is 0 Å². The first kappa shape index (κ1) is 14.0. The van der Waals surface area contributed by atoms with Crippen molar-refractivity contribution in [3.05, 3.63) is 32.7 Å². The highest BCUT2D eigenvalue weighted by molar-refractivity contribution is 9.13. The van der Waals surface area contributed by atoms with Gasteiger partial charge in [-0.2, -0.15) is 0 Å². The van der Waals surface area contributed by atoms with Crippen LogP contribution in [0, 0.1) is 11.8 Å². The third-order valence-electron chi connectivity index (χ3n) is 3.40. The smallest absolute Gasteiger partial charge is 0.308 e. The van der Waals surface area contributed by atoms with Crippen LogP contribution in [-0.2, 0) is 11.3 Å². The lowest BCUT2D eigenvalue weighted by Gasteiger charge is -2.15. The van der Waals surface area contributed by atoms with E-state index in [1.165, 1.54) is 5.56 Å². The fraction of sp³-hybridized carbons (Fsp3) is 0.462. The summed E-state index contributed by atoms with van der Waals surface area (Å²) in [5.74, 6) is -0.688. The monoisotopic (exact) mass is 375 g/mol. The molecular formula is C13H15Br2NO2. The molecule has 1 aromatic carbocycles. The summed E-state index contributed by atoms with van der Waals surface area (Å²) in [6.45, 7) is 4.31. The number of carboxylic acids is 1. The molecule has 0 saturated carbocycles. The zero-order valence-electron chi connectivity index (χ0n) is 10.1. The summed E-state index contributed by atoms with van der Waals surface area (Å²) in [5.41, 5.74) is 1.20. The van der Waals surface area contributed by atoms with Gasteiger partial charge in [-0.25, -0.2) is 0 Å². The van der Waals surface area contributed by atoms with Crippen molar-refractivity contribution < 1.29 is 9.90 Å². The van der Waals surface area contributed by atoms with Crippen LogP contribution in [0.2, 0.25) is 0 Å². The molecule has 5 heteroatoms. The molecule has 1 N–H and O–H groups in total. The minimum absolute atomic E-state index is 0.224. The molecule has 0 unspecified atom stereocenters. The zero-order valence-corrected chi connectivity index (χ0v) is 13.2. The number of hydrogen-bond acceptors (Lipinski definition) is 2. The van der Waals surface area contributed by atoms with Gasteiger partial charge in [0.15, 0.2) is 0 Å². The zero-order chi connectivity index (χ0) is 13.3. The van der Waals surface area contributed by atoms with E-state index in [2.05, 4.69) is 48.9 Å². The van der Waals surface area contributed by atoms with Gasteiger partial charge in [-0.05, 0) is 55.5 Å². The SMILES string of the molecule is C[C@@H]1CN(Cc2ccc(Br)c(Br)c2)C[C@H]1C(=O)O. The highest BCUT2D eigenvalue weighted by Crippen LogP contribution is 2.27. The first-order chi connectivity index (χ1) is 8.47. The minimum atomic E-state index is -0.679. The summed E-state index contributed by atoms with van der Waals surface area (Å²) < 4.78 is 2.06. The number of carboxylic acid groups (broad SMARTS) is 1. The Hall–Kier alpha value is -0.390. The lowest BCUT2D eigenvalue weighted by Crippen LogP contribution is -2.23. The van der Waals surface area contributed by atoms with Crippen LogP contribution in [-0.4, -0.2) is 29.1 Å². The molecule has 1 aromatic rings. The predicted octanol–water partition coefficient (Wildman–Crippen LogP) is 3.36. The van der Waals surface area contributed by atoms with Crippen LogP contribution in [0.15, 0.2) is 27.1 Å². The van der Waals surface area contributed by atoms with E-state index in [-0.39, 0.29) is 11.8 Å². The molecule has 1 aliphatic heterocycles. The summed E-state index contributed by atoms with van der Waals surface area (Å²) >= 11 is 6.92. The van der Waals surface area contributed by atoms with Gasteiger partial charge < -0.3 is 5.11 Å². The van der Waals surface area contributed by atoms with Crippen LogP contribution in [0.4, 0.5) is 0 Å². The van der Waals surface area contributed by atoms with Crippen LogP contribution in [0.3, 0.4) is 0 Å². The molecule has 0 aromatic heterocycles. The van der Waals surface area contributed by atoms with Crippen LogP contribution >= 0.6 is 31.9 Å². The minimum Gasteiger partial charge on any atom is -0.481 e. The Bertz CT molecular complexity index is 464. The lowest BCUT2D eigenvalue weighted by molar-refractivity contribution is -0.142. The van der Waals surface area contributed by atoms with E-state index in [0.717, 1.165) is 22.0 Å². The van der Waals surface area contributed by atoms with Crippen LogP contribution in [0.25, 0.3) is 0 Å².